The smallest absolute Gasteiger partial charge is 0.171 e. The lowest BCUT2D eigenvalue weighted by Gasteiger charge is -2.31. The van der Waals surface area contributed by atoms with Crippen molar-refractivity contribution in [1.82, 2.24) is 10.3 Å². The van der Waals surface area contributed by atoms with Crippen molar-refractivity contribution in [2.45, 2.75) is 32.7 Å². The summed E-state index contributed by atoms with van der Waals surface area (Å²) in [4.78, 5) is 6.97. The third kappa shape index (κ3) is 4.92. The first-order chi connectivity index (χ1) is 12.1. The fourth-order valence-corrected chi connectivity index (χ4v) is 3.53. The molecule has 1 fully saturated rings. The third-order valence-corrected chi connectivity index (χ3v) is 4.85. The molecule has 2 N–H and O–H groups in total. The van der Waals surface area contributed by atoms with Gasteiger partial charge in [0.05, 0.1) is 17.9 Å². The van der Waals surface area contributed by atoms with Gasteiger partial charge in [-0.25, -0.2) is 4.98 Å². The summed E-state index contributed by atoms with van der Waals surface area (Å²) in [5.74, 6) is 1.79. The summed E-state index contributed by atoms with van der Waals surface area (Å²) >= 11 is 5.43. The first kappa shape index (κ1) is 17.7. The van der Waals surface area contributed by atoms with Crippen LogP contribution in [0.1, 0.15) is 38.3 Å². The summed E-state index contributed by atoms with van der Waals surface area (Å²) in [5, 5.41) is 7.14. The van der Waals surface area contributed by atoms with E-state index in [0.717, 1.165) is 30.5 Å². The molecule has 5 heteroatoms. The molecule has 0 spiro atoms. The Kier molecular flexibility index (Phi) is 5.87. The fourth-order valence-electron chi connectivity index (χ4n) is 3.23. The number of rotatable bonds is 4. The SMILES string of the molecule is C[C@@H]1CCCN(c2ccc(NC(=S)N[C@H](C)c3ccccc3)cn2)C1. The fraction of sp³-hybridized carbons (Fsp3) is 0.400. The van der Waals surface area contributed by atoms with Crippen LogP contribution in [-0.4, -0.2) is 23.2 Å². The van der Waals surface area contributed by atoms with Crippen LogP contribution in [0.4, 0.5) is 11.5 Å². The highest BCUT2D eigenvalue weighted by atomic mass is 32.1. The van der Waals surface area contributed by atoms with Crippen LogP contribution >= 0.6 is 12.2 Å². The number of aromatic nitrogens is 1. The van der Waals surface area contributed by atoms with Crippen molar-refractivity contribution in [1.29, 1.82) is 0 Å². The maximum Gasteiger partial charge on any atom is 0.171 e. The topological polar surface area (TPSA) is 40.2 Å². The van der Waals surface area contributed by atoms with E-state index in [9.17, 15) is 0 Å². The van der Waals surface area contributed by atoms with E-state index in [-0.39, 0.29) is 6.04 Å². The second-order valence-electron chi connectivity index (χ2n) is 6.83. The molecule has 4 nitrogen and oxygen atoms in total. The van der Waals surface area contributed by atoms with E-state index < -0.39 is 0 Å². The largest absolute Gasteiger partial charge is 0.356 e. The minimum atomic E-state index is 0.156. The standard InChI is InChI=1S/C20H26N4S/c1-15-7-6-12-24(14-15)19-11-10-18(13-21-19)23-20(25)22-16(2)17-8-4-3-5-9-17/h3-5,8-11,13,15-16H,6-7,12,14H2,1-2H3,(H2,22,23,25)/t15-,16-/m1/s1. The van der Waals surface area contributed by atoms with Crippen molar-refractivity contribution in [2.75, 3.05) is 23.3 Å². The van der Waals surface area contributed by atoms with Gasteiger partial charge in [0.1, 0.15) is 5.82 Å². The number of piperidine rings is 1. The van der Waals surface area contributed by atoms with E-state index >= 15 is 0 Å². The monoisotopic (exact) mass is 354 g/mol. The second-order valence-corrected chi connectivity index (χ2v) is 7.24. The predicted molar refractivity (Wildman–Crippen MR) is 109 cm³/mol. The van der Waals surface area contributed by atoms with Crippen LogP contribution in [0.25, 0.3) is 0 Å². The van der Waals surface area contributed by atoms with Gasteiger partial charge in [0.2, 0.25) is 0 Å². The molecule has 1 aliphatic heterocycles. The van der Waals surface area contributed by atoms with E-state index in [2.05, 4.69) is 52.6 Å². The molecule has 1 aliphatic rings. The van der Waals surface area contributed by atoms with Gasteiger partial charge in [-0.1, -0.05) is 37.3 Å². The number of hydrogen-bond donors (Lipinski definition) is 2. The molecule has 25 heavy (non-hydrogen) atoms. The summed E-state index contributed by atoms with van der Waals surface area (Å²) in [6.07, 6.45) is 4.42. The molecule has 0 bridgehead atoms. The maximum atomic E-state index is 5.43. The molecular formula is C20H26N4S. The molecule has 2 atom stereocenters. The number of anilines is 2. The lowest BCUT2D eigenvalue weighted by Crippen LogP contribution is -2.34. The molecule has 1 aromatic carbocycles. The highest BCUT2D eigenvalue weighted by molar-refractivity contribution is 7.80. The Hall–Kier alpha value is -2.14. The molecule has 0 saturated carbocycles. The molecule has 0 amide bonds. The lowest BCUT2D eigenvalue weighted by molar-refractivity contribution is 0.444. The average molecular weight is 355 g/mol. The van der Waals surface area contributed by atoms with E-state index in [0.29, 0.717) is 5.11 Å². The third-order valence-electron chi connectivity index (χ3n) is 4.63. The number of benzene rings is 1. The number of nitrogens with one attached hydrogen (secondary N) is 2. The van der Waals surface area contributed by atoms with Crippen molar-refractivity contribution in [3.8, 4) is 0 Å². The number of pyridine rings is 1. The minimum Gasteiger partial charge on any atom is -0.356 e. The van der Waals surface area contributed by atoms with E-state index in [1.165, 1.54) is 18.4 Å². The summed E-state index contributed by atoms with van der Waals surface area (Å²) in [6.45, 7) is 6.59. The van der Waals surface area contributed by atoms with Crippen molar-refractivity contribution in [2.24, 2.45) is 5.92 Å². The van der Waals surface area contributed by atoms with Crippen molar-refractivity contribution < 1.29 is 0 Å². The summed E-state index contributed by atoms with van der Waals surface area (Å²) in [6, 6.07) is 14.5. The van der Waals surface area contributed by atoms with Gasteiger partial charge in [-0.15, -0.1) is 0 Å². The molecular weight excluding hydrogens is 328 g/mol. The van der Waals surface area contributed by atoms with Crippen LogP contribution < -0.4 is 15.5 Å². The molecule has 2 aromatic rings. The molecule has 3 rings (SSSR count). The van der Waals surface area contributed by atoms with Gasteiger partial charge in [-0.05, 0) is 55.6 Å². The van der Waals surface area contributed by atoms with E-state index in [1.54, 1.807) is 0 Å². The normalized spacial score (nSPS) is 18.5. The molecule has 0 aliphatic carbocycles. The highest BCUT2D eigenvalue weighted by Gasteiger charge is 2.17. The van der Waals surface area contributed by atoms with Gasteiger partial charge in [0.25, 0.3) is 0 Å². The second kappa shape index (κ2) is 8.30. The van der Waals surface area contributed by atoms with Crippen LogP contribution in [0.5, 0.6) is 0 Å². The van der Waals surface area contributed by atoms with Crippen molar-refractivity contribution in [3.05, 3.63) is 54.2 Å². The van der Waals surface area contributed by atoms with Gasteiger partial charge in [0, 0.05) is 13.1 Å². The van der Waals surface area contributed by atoms with E-state index in [4.69, 9.17) is 12.2 Å². The zero-order valence-corrected chi connectivity index (χ0v) is 15.7. The summed E-state index contributed by atoms with van der Waals surface area (Å²) in [7, 11) is 0. The molecule has 0 radical (unpaired) electrons. The van der Waals surface area contributed by atoms with Crippen molar-refractivity contribution in [3.63, 3.8) is 0 Å². The first-order valence-electron chi connectivity index (χ1n) is 8.95. The Labute approximate surface area is 155 Å². The number of thiocarbonyl (C=S) groups is 1. The van der Waals surface area contributed by atoms with Gasteiger partial charge in [0.15, 0.2) is 5.11 Å². The van der Waals surface area contributed by atoms with Crippen LogP contribution in [0.2, 0.25) is 0 Å². The number of nitrogens with zero attached hydrogens (tertiary/aromatic N) is 2. The Bertz CT molecular complexity index is 687. The zero-order chi connectivity index (χ0) is 17.6. The summed E-state index contributed by atoms with van der Waals surface area (Å²) < 4.78 is 0. The molecule has 1 aromatic heterocycles. The lowest BCUT2D eigenvalue weighted by atomic mass is 10.0. The predicted octanol–water partition coefficient (Wildman–Crippen LogP) is 4.37. The molecule has 1 saturated heterocycles. The molecule has 2 heterocycles. The van der Waals surface area contributed by atoms with Crippen molar-refractivity contribution >= 4 is 28.8 Å². The highest BCUT2D eigenvalue weighted by Crippen LogP contribution is 2.22. The molecule has 0 unspecified atom stereocenters. The van der Waals surface area contributed by atoms with Gasteiger partial charge < -0.3 is 15.5 Å². The maximum absolute atomic E-state index is 5.43. The summed E-state index contributed by atoms with van der Waals surface area (Å²) in [5.41, 5.74) is 2.12. The Morgan fingerprint density at radius 2 is 2.04 bits per heavy atom. The average Bonchev–Trinajstić information content (AvgIpc) is 2.63. The Balaban J connectivity index is 1.55. The zero-order valence-electron chi connectivity index (χ0n) is 14.9. The first-order valence-corrected chi connectivity index (χ1v) is 9.36. The van der Waals surface area contributed by atoms with Crippen LogP contribution in [0.15, 0.2) is 48.7 Å². The Morgan fingerprint density at radius 1 is 1.24 bits per heavy atom. The van der Waals surface area contributed by atoms with Crippen LogP contribution in [0.3, 0.4) is 0 Å². The van der Waals surface area contributed by atoms with Gasteiger partial charge in [-0.3, -0.25) is 0 Å². The van der Waals surface area contributed by atoms with Gasteiger partial charge in [-0.2, -0.15) is 0 Å². The van der Waals surface area contributed by atoms with Crippen LogP contribution in [0, 0.1) is 5.92 Å². The van der Waals surface area contributed by atoms with Crippen LogP contribution in [-0.2, 0) is 0 Å². The minimum absolute atomic E-state index is 0.156. The van der Waals surface area contributed by atoms with E-state index in [1.807, 2.05) is 30.5 Å². The Morgan fingerprint density at radius 3 is 2.72 bits per heavy atom. The van der Waals surface area contributed by atoms with Gasteiger partial charge >= 0.3 is 0 Å². The number of hydrogen-bond acceptors (Lipinski definition) is 3. The molecule has 132 valence electrons. The quantitative estimate of drug-likeness (QED) is 0.798.